The topological polar surface area (TPSA) is 85.9 Å². The van der Waals surface area contributed by atoms with Gasteiger partial charge in [-0.15, -0.1) is 0 Å². The number of amides is 2. The smallest absolute Gasteiger partial charge is 0.236 e. The van der Waals surface area contributed by atoms with Crippen molar-refractivity contribution in [3.63, 3.8) is 0 Å². The van der Waals surface area contributed by atoms with E-state index >= 15 is 0 Å². The summed E-state index contributed by atoms with van der Waals surface area (Å²) in [5.41, 5.74) is 2.28. The first-order valence-corrected chi connectivity index (χ1v) is 14.3. The lowest BCUT2D eigenvalue weighted by atomic mass is 9.82. The molecule has 8 heteroatoms. The summed E-state index contributed by atoms with van der Waals surface area (Å²) in [5, 5.41) is 10.0. The van der Waals surface area contributed by atoms with Gasteiger partial charge in [-0.05, 0) is 49.3 Å². The van der Waals surface area contributed by atoms with Crippen LogP contribution in [-0.4, -0.2) is 75.2 Å². The Kier molecular flexibility index (Phi) is 9.00. The number of hydrogen-bond donors (Lipinski definition) is 3. The number of nitrogens with zero attached hydrogens (tertiary/aromatic N) is 2. The highest BCUT2D eigenvalue weighted by Crippen LogP contribution is 2.30. The average molecular weight is 510 g/mol. The van der Waals surface area contributed by atoms with Gasteiger partial charge in [-0.2, -0.15) is 0 Å². The van der Waals surface area contributed by atoms with Gasteiger partial charge in [-0.1, -0.05) is 31.4 Å². The van der Waals surface area contributed by atoms with Crippen LogP contribution in [0.1, 0.15) is 50.5 Å². The molecule has 2 bridgehead atoms. The first-order chi connectivity index (χ1) is 18.2. The van der Waals surface area contributed by atoms with E-state index in [-0.39, 0.29) is 23.7 Å². The zero-order chi connectivity index (χ0) is 25.5. The summed E-state index contributed by atoms with van der Waals surface area (Å²) < 4.78 is 6.19. The van der Waals surface area contributed by atoms with Crippen LogP contribution in [0.5, 0.6) is 5.75 Å². The number of piperazine rings is 1. The maximum atomic E-state index is 13.1. The maximum Gasteiger partial charge on any atom is 0.236 e. The molecule has 37 heavy (non-hydrogen) atoms. The summed E-state index contributed by atoms with van der Waals surface area (Å²) >= 11 is 0. The summed E-state index contributed by atoms with van der Waals surface area (Å²) in [4.78, 5) is 30.3. The van der Waals surface area contributed by atoms with Crippen molar-refractivity contribution in [2.24, 2.45) is 11.8 Å². The number of hydrogen-bond acceptors (Lipinski definition) is 6. The second-order valence-corrected chi connectivity index (χ2v) is 11.0. The molecule has 1 aliphatic carbocycles. The molecule has 2 saturated heterocycles. The van der Waals surface area contributed by atoms with Crippen LogP contribution in [0.15, 0.2) is 30.4 Å². The zero-order valence-electron chi connectivity index (χ0n) is 22.1. The molecule has 5 rings (SSSR count). The Hall–Kier alpha value is -2.58. The summed E-state index contributed by atoms with van der Waals surface area (Å²) in [6.07, 6.45) is 11.6. The van der Waals surface area contributed by atoms with E-state index in [1.54, 1.807) is 0 Å². The van der Waals surface area contributed by atoms with Crippen LogP contribution < -0.4 is 25.6 Å². The van der Waals surface area contributed by atoms with Crippen molar-refractivity contribution in [2.45, 2.75) is 57.5 Å². The monoisotopic (exact) mass is 509 g/mol. The Bertz CT molecular complexity index is 955. The predicted molar refractivity (Wildman–Crippen MR) is 146 cm³/mol. The Morgan fingerprint density at radius 3 is 2.68 bits per heavy atom. The molecule has 0 radical (unpaired) electrons. The molecule has 3 aliphatic heterocycles. The lowest BCUT2D eigenvalue weighted by molar-refractivity contribution is -0.132. The predicted octanol–water partition coefficient (Wildman–Crippen LogP) is 2.44. The van der Waals surface area contributed by atoms with Crippen LogP contribution in [-0.2, 0) is 16.1 Å². The number of ether oxygens (including phenoxy) is 1. The standard InChI is InChI=1S/C29H43N5O3/c35-28(32-25-6-2-1-3-7-25)18-22-10-13-34-21-23(22)5-4-16-37-27-9-8-26(33-14-11-30-12-15-33)17-24(27)19-31-20-29(34)36/h4-5,8-9,17,22-23,25,30-31H,1-3,6-7,10-16,18-21H2,(H,32,35)/b5-4+/t22-,23-/m0/s1. The second-order valence-electron chi connectivity index (χ2n) is 11.0. The molecule has 1 aromatic carbocycles. The van der Waals surface area contributed by atoms with Crippen molar-refractivity contribution in [1.29, 1.82) is 0 Å². The van der Waals surface area contributed by atoms with Gasteiger partial charge in [0, 0.05) is 69.5 Å². The number of piperidine rings is 1. The third-order valence-electron chi connectivity index (χ3n) is 8.41. The van der Waals surface area contributed by atoms with E-state index < -0.39 is 0 Å². The highest BCUT2D eigenvalue weighted by atomic mass is 16.5. The highest BCUT2D eigenvalue weighted by Gasteiger charge is 2.32. The number of benzene rings is 1. The van der Waals surface area contributed by atoms with Crippen LogP contribution in [0, 0.1) is 11.8 Å². The van der Waals surface area contributed by atoms with E-state index in [1.165, 1.54) is 24.9 Å². The second kappa shape index (κ2) is 12.8. The number of nitrogens with one attached hydrogen (secondary N) is 3. The number of fused-ring (bicyclic) bond motifs is 3. The largest absolute Gasteiger partial charge is 0.489 e. The number of rotatable bonds is 4. The summed E-state index contributed by atoms with van der Waals surface area (Å²) in [6, 6.07) is 6.73. The number of carbonyl (C=O) groups is 2. The third kappa shape index (κ3) is 7.05. The van der Waals surface area contributed by atoms with Gasteiger partial charge in [0.25, 0.3) is 0 Å². The van der Waals surface area contributed by atoms with Gasteiger partial charge in [0.1, 0.15) is 12.4 Å². The van der Waals surface area contributed by atoms with Gasteiger partial charge in [-0.3, -0.25) is 9.59 Å². The molecule has 2 amide bonds. The average Bonchev–Trinajstić information content (AvgIpc) is 2.93. The fraction of sp³-hybridized carbons (Fsp3) is 0.655. The minimum Gasteiger partial charge on any atom is -0.489 e. The van der Waals surface area contributed by atoms with E-state index in [0.29, 0.717) is 45.2 Å². The van der Waals surface area contributed by atoms with E-state index in [2.05, 4.69) is 51.2 Å². The minimum atomic E-state index is 0.128. The van der Waals surface area contributed by atoms with Crippen molar-refractivity contribution in [2.75, 3.05) is 57.3 Å². The third-order valence-corrected chi connectivity index (χ3v) is 8.41. The van der Waals surface area contributed by atoms with E-state index in [0.717, 1.165) is 56.8 Å². The Morgan fingerprint density at radius 2 is 1.84 bits per heavy atom. The molecule has 0 spiro atoms. The lowest BCUT2D eigenvalue weighted by Crippen LogP contribution is -2.47. The van der Waals surface area contributed by atoms with Crippen LogP contribution in [0.2, 0.25) is 0 Å². The molecule has 3 heterocycles. The fourth-order valence-corrected chi connectivity index (χ4v) is 6.25. The molecule has 0 aromatic heterocycles. The van der Waals surface area contributed by atoms with E-state index in [9.17, 15) is 9.59 Å². The normalized spacial score (nSPS) is 26.6. The van der Waals surface area contributed by atoms with Crippen LogP contribution in [0.3, 0.4) is 0 Å². The van der Waals surface area contributed by atoms with Crippen LogP contribution in [0.25, 0.3) is 0 Å². The zero-order valence-corrected chi connectivity index (χ0v) is 22.1. The van der Waals surface area contributed by atoms with Gasteiger partial charge in [0.05, 0.1) is 6.54 Å². The number of anilines is 1. The van der Waals surface area contributed by atoms with Crippen LogP contribution in [0.4, 0.5) is 5.69 Å². The van der Waals surface area contributed by atoms with Gasteiger partial charge in [0.2, 0.25) is 11.8 Å². The molecule has 8 nitrogen and oxygen atoms in total. The first-order valence-electron chi connectivity index (χ1n) is 14.3. The van der Waals surface area contributed by atoms with Crippen molar-refractivity contribution in [3.05, 3.63) is 35.9 Å². The molecular formula is C29H43N5O3. The Morgan fingerprint density at radius 1 is 1.00 bits per heavy atom. The van der Waals surface area contributed by atoms with E-state index in [4.69, 9.17) is 4.74 Å². The molecular weight excluding hydrogens is 466 g/mol. The van der Waals surface area contributed by atoms with Crippen LogP contribution >= 0.6 is 0 Å². The van der Waals surface area contributed by atoms with Gasteiger partial charge < -0.3 is 30.5 Å². The maximum absolute atomic E-state index is 13.1. The molecule has 3 N–H and O–H groups in total. The van der Waals surface area contributed by atoms with E-state index in [1.807, 2.05) is 4.90 Å². The highest BCUT2D eigenvalue weighted by molar-refractivity contribution is 5.79. The molecule has 1 aromatic rings. The van der Waals surface area contributed by atoms with Crippen molar-refractivity contribution < 1.29 is 14.3 Å². The molecule has 202 valence electrons. The van der Waals surface area contributed by atoms with Gasteiger partial charge in [-0.25, -0.2) is 0 Å². The number of carbonyl (C=O) groups excluding carboxylic acids is 2. The summed E-state index contributed by atoms with van der Waals surface area (Å²) in [5.74, 6) is 1.56. The summed E-state index contributed by atoms with van der Waals surface area (Å²) in [7, 11) is 0. The first kappa shape index (κ1) is 26.0. The molecule has 2 atom stereocenters. The van der Waals surface area contributed by atoms with Crippen molar-refractivity contribution in [3.8, 4) is 5.75 Å². The van der Waals surface area contributed by atoms with Crippen molar-refractivity contribution >= 4 is 17.5 Å². The van der Waals surface area contributed by atoms with Crippen molar-refractivity contribution in [1.82, 2.24) is 20.9 Å². The molecule has 1 saturated carbocycles. The fourth-order valence-electron chi connectivity index (χ4n) is 6.25. The molecule has 0 unspecified atom stereocenters. The SMILES string of the molecule is O=C(C[C@@H]1CCN2C[C@@H]1/C=C/COc1ccc(N3CCNCC3)cc1CNCC2=O)NC1CCCCC1. The van der Waals surface area contributed by atoms with Gasteiger partial charge in [0.15, 0.2) is 0 Å². The lowest BCUT2D eigenvalue weighted by Gasteiger charge is -2.37. The molecule has 3 fully saturated rings. The Balaban J connectivity index is 1.25. The summed E-state index contributed by atoms with van der Waals surface area (Å²) in [6.45, 7) is 6.72. The Labute approximate surface area is 221 Å². The minimum absolute atomic E-state index is 0.128. The molecule has 4 aliphatic rings. The quantitative estimate of drug-likeness (QED) is 0.541. The van der Waals surface area contributed by atoms with Gasteiger partial charge >= 0.3 is 0 Å².